The predicted molar refractivity (Wildman–Crippen MR) is 67.7 cm³/mol. The molecule has 1 heterocycles. The van der Waals surface area contributed by atoms with E-state index >= 15 is 0 Å². The van der Waals surface area contributed by atoms with Gasteiger partial charge in [0.15, 0.2) is 5.13 Å². The molecule has 1 rings (SSSR count). The van der Waals surface area contributed by atoms with E-state index in [2.05, 4.69) is 17.2 Å². The van der Waals surface area contributed by atoms with Gasteiger partial charge in [0.2, 0.25) is 5.91 Å². The van der Waals surface area contributed by atoms with Gasteiger partial charge in [-0.1, -0.05) is 20.3 Å². The normalized spacial score (nSPS) is 12.5. The molecule has 0 aliphatic heterocycles. The lowest BCUT2D eigenvalue weighted by Crippen LogP contribution is -2.35. The minimum absolute atomic E-state index is 0.141. The summed E-state index contributed by atoms with van der Waals surface area (Å²) >= 11 is 1.50. The van der Waals surface area contributed by atoms with E-state index in [9.17, 15) is 4.79 Å². The highest BCUT2D eigenvalue weighted by atomic mass is 32.1. The van der Waals surface area contributed by atoms with Gasteiger partial charge in [-0.3, -0.25) is 4.79 Å². The Morgan fingerprint density at radius 3 is 2.75 bits per heavy atom. The summed E-state index contributed by atoms with van der Waals surface area (Å²) in [5.74, 6) is -0.141. The molecule has 1 aromatic rings. The first-order chi connectivity index (χ1) is 7.58. The third-order valence-corrected chi connectivity index (χ3v) is 3.32. The van der Waals surface area contributed by atoms with Crippen LogP contribution in [-0.2, 0) is 11.2 Å². The number of amides is 1. The van der Waals surface area contributed by atoms with Gasteiger partial charge in [0.25, 0.3) is 0 Å². The van der Waals surface area contributed by atoms with E-state index < -0.39 is 6.04 Å². The number of thiazole rings is 1. The molecule has 1 atom stereocenters. The molecule has 0 unspecified atom stereocenters. The fourth-order valence-electron chi connectivity index (χ4n) is 1.45. The molecule has 0 saturated carbocycles. The molecule has 1 aromatic heterocycles. The van der Waals surface area contributed by atoms with Gasteiger partial charge in [0.05, 0.1) is 11.7 Å². The van der Waals surface area contributed by atoms with Crippen molar-refractivity contribution < 1.29 is 4.79 Å². The van der Waals surface area contributed by atoms with Gasteiger partial charge >= 0.3 is 0 Å². The van der Waals surface area contributed by atoms with Crippen LogP contribution in [0.25, 0.3) is 0 Å². The fourth-order valence-corrected chi connectivity index (χ4v) is 2.35. The lowest BCUT2D eigenvalue weighted by Gasteiger charge is -2.08. The van der Waals surface area contributed by atoms with Gasteiger partial charge < -0.3 is 11.1 Å². The molecule has 0 aliphatic carbocycles. The first-order valence-electron chi connectivity index (χ1n) is 5.61. The van der Waals surface area contributed by atoms with E-state index in [1.807, 2.05) is 13.8 Å². The van der Waals surface area contributed by atoms with Crippen LogP contribution in [0.1, 0.15) is 37.3 Å². The van der Waals surface area contributed by atoms with Crippen molar-refractivity contribution in [1.29, 1.82) is 0 Å². The quantitative estimate of drug-likeness (QED) is 0.829. The predicted octanol–water partition coefficient (Wildman–Crippen LogP) is 2.08. The molecule has 0 aliphatic rings. The van der Waals surface area contributed by atoms with Crippen LogP contribution in [-0.4, -0.2) is 16.9 Å². The molecule has 0 bridgehead atoms. The molecule has 0 aromatic carbocycles. The zero-order valence-corrected chi connectivity index (χ0v) is 10.9. The smallest absolute Gasteiger partial charge is 0.243 e. The number of nitrogens with zero attached hydrogens (tertiary/aromatic N) is 1. The Labute approximate surface area is 100 Å². The molecule has 90 valence electrons. The molecule has 0 radical (unpaired) electrons. The molecule has 0 fully saturated rings. The van der Waals surface area contributed by atoms with Crippen molar-refractivity contribution in [2.45, 2.75) is 46.1 Å². The van der Waals surface area contributed by atoms with E-state index in [-0.39, 0.29) is 5.91 Å². The average Bonchev–Trinajstić information content (AvgIpc) is 2.59. The highest BCUT2D eigenvalue weighted by molar-refractivity contribution is 7.15. The standard InChI is InChI=1S/C11H19N3OS/c1-4-6-8(12)10(15)14-11-13-9(5-2)7(3)16-11/h8H,4-6,12H2,1-3H3,(H,13,14,15)/t8-/m1/s1. The molecular weight excluding hydrogens is 222 g/mol. The number of aromatic nitrogens is 1. The van der Waals surface area contributed by atoms with Crippen molar-refractivity contribution in [3.63, 3.8) is 0 Å². The number of anilines is 1. The van der Waals surface area contributed by atoms with Crippen molar-refractivity contribution in [2.24, 2.45) is 5.73 Å². The SMILES string of the molecule is CCC[C@@H](N)C(=O)Nc1nc(CC)c(C)s1. The third-order valence-electron chi connectivity index (χ3n) is 2.39. The second-order valence-corrected chi connectivity index (χ2v) is 4.96. The van der Waals surface area contributed by atoms with Crippen molar-refractivity contribution >= 4 is 22.4 Å². The van der Waals surface area contributed by atoms with Gasteiger partial charge in [0, 0.05) is 4.88 Å². The summed E-state index contributed by atoms with van der Waals surface area (Å²) in [5, 5.41) is 3.42. The highest BCUT2D eigenvalue weighted by Crippen LogP contribution is 2.22. The summed E-state index contributed by atoms with van der Waals surface area (Å²) in [5.41, 5.74) is 6.76. The van der Waals surface area contributed by atoms with Gasteiger partial charge in [-0.15, -0.1) is 11.3 Å². The van der Waals surface area contributed by atoms with Gasteiger partial charge in [0.1, 0.15) is 0 Å². The lowest BCUT2D eigenvalue weighted by molar-refractivity contribution is -0.117. The second-order valence-electron chi connectivity index (χ2n) is 3.76. The summed E-state index contributed by atoms with van der Waals surface area (Å²) in [6.45, 7) is 6.07. The Kier molecular flexibility index (Phi) is 4.89. The van der Waals surface area contributed by atoms with Crippen molar-refractivity contribution in [3.8, 4) is 0 Å². The first kappa shape index (κ1) is 13.1. The van der Waals surface area contributed by atoms with E-state index in [0.29, 0.717) is 11.6 Å². The number of nitrogens with one attached hydrogen (secondary N) is 1. The van der Waals surface area contributed by atoms with Crippen LogP contribution >= 0.6 is 11.3 Å². The van der Waals surface area contributed by atoms with E-state index in [0.717, 1.165) is 23.4 Å². The number of hydrogen-bond acceptors (Lipinski definition) is 4. The number of aryl methyl sites for hydroxylation is 2. The van der Waals surface area contributed by atoms with Crippen LogP contribution < -0.4 is 11.1 Å². The number of carbonyl (C=O) groups excluding carboxylic acids is 1. The zero-order chi connectivity index (χ0) is 12.1. The molecule has 3 N–H and O–H groups in total. The van der Waals surface area contributed by atoms with Crippen molar-refractivity contribution in [2.75, 3.05) is 5.32 Å². The van der Waals surface area contributed by atoms with Crippen LogP contribution in [0.3, 0.4) is 0 Å². The summed E-state index contributed by atoms with van der Waals surface area (Å²) in [7, 11) is 0. The summed E-state index contributed by atoms with van der Waals surface area (Å²) in [6, 6.07) is -0.431. The summed E-state index contributed by atoms with van der Waals surface area (Å²) in [4.78, 5) is 17.1. The maximum absolute atomic E-state index is 11.6. The lowest BCUT2D eigenvalue weighted by atomic mass is 10.2. The monoisotopic (exact) mass is 241 g/mol. The Morgan fingerprint density at radius 2 is 2.25 bits per heavy atom. The number of hydrogen-bond donors (Lipinski definition) is 2. The maximum Gasteiger partial charge on any atom is 0.243 e. The third kappa shape index (κ3) is 3.28. The number of carbonyl (C=O) groups is 1. The van der Waals surface area contributed by atoms with Gasteiger partial charge in [-0.25, -0.2) is 4.98 Å². The van der Waals surface area contributed by atoms with Gasteiger partial charge in [-0.2, -0.15) is 0 Å². The van der Waals surface area contributed by atoms with Crippen molar-refractivity contribution in [3.05, 3.63) is 10.6 Å². The molecule has 0 spiro atoms. The molecule has 1 amide bonds. The fraction of sp³-hybridized carbons (Fsp3) is 0.636. The molecule has 0 saturated heterocycles. The summed E-state index contributed by atoms with van der Waals surface area (Å²) in [6.07, 6.45) is 2.50. The van der Waals surface area contributed by atoms with Gasteiger partial charge in [-0.05, 0) is 19.8 Å². The highest BCUT2D eigenvalue weighted by Gasteiger charge is 2.14. The van der Waals surface area contributed by atoms with E-state index in [1.165, 1.54) is 11.3 Å². The minimum atomic E-state index is -0.431. The Bertz CT molecular complexity index is 362. The largest absolute Gasteiger partial charge is 0.320 e. The molecular formula is C11H19N3OS. The Morgan fingerprint density at radius 1 is 1.56 bits per heavy atom. The Balaban J connectivity index is 2.62. The maximum atomic E-state index is 11.6. The van der Waals surface area contributed by atoms with E-state index in [1.54, 1.807) is 0 Å². The first-order valence-corrected chi connectivity index (χ1v) is 6.42. The number of rotatable bonds is 5. The topological polar surface area (TPSA) is 68.0 Å². The van der Waals surface area contributed by atoms with E-state index in [4.69, 9.17) is 5.73 Å². The van der Waals surface area contributed by atoms with Crippen molar-refractivity contribution in [1.82, 2.24) is 4.98 Å². The van der Waals surface area contributed by atoms with Crippen LogP contribution in [0.4, 0.5) is 5.13 Å². The molecule has 4 nitrogen and oxygen atoms in total. The zero-order valence-electron chi connectivity index (χ0n) is 10.0. The summed E-state index contributed by atoms with van der Waals surface area (Å²) < 4.78 is 0. The number of nitrogens with two attached hydrogens (primary N) is 1. The molecule has 16 heavy (non-hydrogen) atoms. The molecule has 5 heteroatoms. The Hall–Kier alpha value is -0.940. The second kappa shape index (κ2) is 5.96. The average molecular weight is 241 g/mol. The van der Waals surface area contributed by atoms with Crippen LogP contribution in [0.2, 0.25) is 0 Å². The van der Waals surface area contributed by atoms with Crippen LogP contribution in [0.15, 0.2) is 0 Å². The van der Waals surface area contributed by atoms with Crippen LogP contribution in [0.5, 0.6) is 0 Å². The minimum Gasteiger partial charge on any atom is -0.320 e. The van der Waals surface area contributed by atoms with Crippen LogP contribution in [0, 0.1) is 6.92 Å².